The van der Waals surface area contributed by atoms with E-state index in [4.69, 9.17) is 17.0 Å². The molecule has 2 heterocycles. The van der Waals surface area contributed by atoms with Crippen molar-refractivity contribution in [3.63, 3.8) is 0 Å². The number of hydrogen-bond donors (Lipinski definition) is 0. The van der Waals surface area contributed by atoms with Gasteiger partial charge in [0.2, 0.25) is 0 Å². The van der Waals surface area contributed by atoms with Crippen LogP contribution in [0.15, 0.2) is 53.7 Å². The van der Waals surface area contributed by atoms with E-state index in [0.29, 0.717) is 20.5 Å². The zero-order valence-corrected chi connectivity index (χ0v) is 14.3. The number of amides is 1. The third-order valence-corrected chi connectivity index (χ3v) is 4.60. The Kier molecular flexibility index (Phi) is 4.73. The summed E-state index contributed by atoms with van der Waals surface area (Å²) in [7, 11) is 1.31. The predicted molar refractivity (Wildman–Crippen MR) is 97.7 cm³/mol. The first-order valence-corrected chi connectivity index (χ1v) is 8.19. The van der Waals surface area contributed by atoms with Gasteiger partial charge in [-0.15, -0.1) is 0 Å². The maximum atomic E-state index is 12.7. The van der Waals surface area contributed by atoms with Crippen LogP contribution in [0, 0.1) is 0 Å². The Morgan fingerprint density at radius 2 is 2.17 bits per heavy atom. The summed E-state index contributed by atoms with van der Waals surface area (Å²) < 4.78 is 5.12. The first kappa shape index (κ1) is 16.4. The van der Waals surface area contributed by atoms with Gasteiger partial charge in [-0.1, -0.05) is 36.1 Å². The van der Waals surface area contributed by atoms with Gasteiger partial charge in [-0.05, 0) is 35.9 Å². The quantitative estimate of drug-likeness (QED) is 0.478. The zero-order valence-electron chi connectivity index (χ0n) is 12.6. The highest BCUT2D eigenvalue weighted by Crippen LogP contribution is 2.36. The number of anilines is 1. The molecule has 2 aromatic rings. The molecule has 7 heteroatoms. The molecule has 0 N–H and O–H groups in total. The van der Waals surface area contributed by atoms with Gasteiger partial charge in [0, 0.05) is 12.4 Å². The summed E-state index contributed by atoms with van der Waals surface area (Å²) in [6, 6.07) is 10.3. The topological polar surface area (TPSA) is 59.5 Å². The molecule has 3 rings (SSSR count). The first-order valence-electron chi connectivity index (χ1n) is 6.96. The molecule has 24 heavy (non-hydrogen) atoms. The first-order chi connectivity index (χ1) is 11.6. The van der Waals surface area contributed by atoms with Crippen LogP contribution in [0.2, 0.25) is 0 Å². The summed E-state index contributed by atoms with van der Waals surface area (Å²) in [6.45, 7) is 0. The third kappa shape index (κ3) is 3.22. The van der Waals surface area contributed by atoms with Crippen LogP contribution < -0.4 is 4.90 Å². The monoisotopic (exact) mass is 356 g/mol. The van der Waals surface area contributed by atoms with E-state index in [2.05, 4.69) is 4.98 Å². The minimum atomic E-state index is -0.465. The molecule has 1 saturated heterocycles. The molecule has 1 amide bonds. The van der Waals surface area contributed by atoms with Gasteiger partial charge in [0.15, 0.2) is 4.32 Å². The van der Waals surface area contributed by atoms with E-state index in [1.165, 1.54) is 23.8 Å². The molecule has 1 aliphatic heterocycles. The molecule has 0 atom stereocenters. The van der Waals surface area contributed by atoms with Crippen LogP contribution in [-0.2, 0) is 9.53 Å². The van der Waals surface area contributed by atoms with Gasteiger partial charge in [-0.2, -0.15) is 0 Å². The van der Waals surface area contributed by atoms with Gasteiger partial charge in [0.1, 0.15) is 0 Å². The average Bonchev–Trinajstić information content (AvgIpc) is 2.89. The normalized spacial score (nSPS) is 15.9. The Morgan fingerprint density at radius 3 is 2.88 bits per heavy atom. The SMILES string of the molecule is COC(=O)c1cccc(N2C(=O)/C(=C\c3cccnc3)SC2=S)c1. The fourth-order valence-corrected chi connectivity index (χ4v) is 3.49. The van der Waals surface area contributed by atoms with Crippen molar-refractivity contribution in [2.75, 3.05) is 12.0 Å². The second kappa shape index (κ2) is 6.94. The molecule has 0 unspecified atom stereocenters. The number of rotatable bonds is 3. The molecule has 0 bridgehead atoms. The highest BCUT2D eigenvalue weighted by Gasteiger charge is 2.33. The molecule has 0 aliphatic carbocycles. The van der Waals surface area contributed by atoms with Crippen LogP contribution in [0.4, 0.5) is 5.69 Å². The molecule has 0 saturated carbocycles. The van der Waals surface area contributed by atoms with Crippen LogP contribution in [0.3, 0.4) is 0 Å². The van der Waals surface area contributed by atoms with Gasteiger partial charge in [-0.3, -0.25) is 14.7 Å². The fourth-order valence-electron chi connectivity index (χ4n) is 2.19. The highest BCUT2D eigenvalue weighted by atomic mass is 32.2. The number of pyridine rings is 1. The van der Waals surface area contributed by atoms with Gasteiger partial charge < -0.3 is 4.74 Å². The van der Waals surface area contributed by atoms with Crippen LogP contribution in [0.5, 0.6) is 0 Å². The average molecular weight is 356 g/mol. The molecule has 0 radical (unpaired) electrons. The molecule has 1 aliphatic rings. The second-order valence-corrected chi connectivity index (χ2v) is 6.52. The maximum Gasteiger partial charge on any atom is 0.337 e. The van der Waals surface area contributed by atoms with E-state index in [1.807, 2.05) is 6.07 Å². The third-order valence-electron chi connectivity index (χ3n) is 3.30. The smallest absolute Gasteiger partial charge is 0.337 e. The number of esters is 1. The summed E-state index contributed by atoms with van der Waals surface area (Å²) in [4.78, 5) is 30.3. The molecule has 1 fully saturated rings. The molecular weight excluding hydrogens is 344 g/mol. The van der Waals surface area contributed by atoms with Crippen molar-refractivity contribution in [1.29, 1.82) is 0 Å². The number of thiocarbonyl (C=S) groups is 1. The lowest BCUT2D eigenvalue weighted by molar-refractivity contribution is -0.113. The number of carbonyl (C=O) groups excluding carboxylic acids is 2. The Morgan fingerprint density at radius 1 is 1.33 bits per heavy atom. The number of benzene rings is 1. The lowest BCUT2D eigenvalue weighted by Gasteiger charge is -2.15. The number of carbonyl (C=O) groups is 2. The summed E-state index contributed by atoms with van der Waals surface area (Å²) in [5, 5.41) is 0. The van der Waals surface area contributed by atoms with Gasteiger partial charge in [-0.25, -0.2) is 4.79 Å². The maximum absolute atomic E-state index is 12.7. The van der Waals surface area contributed by atoms with Crippen molar-refractivity contribution in [2.45, 2.75) is 0 Å². The minimum Gasteiger partial charge on any atom is -0.465 e. The number of nitrogens with zero attached hydrogens (tertiary/aromatic N) is 2. The van der Waals surface area contributed by atoms with E-state index in [0.717, 1.165) is 5.56 Å². The van der Waals surface area contributed by atoms with Gasteiger partial charge in [0.05, 0.1) is 23.3 Å². The number of ether oxygens (including phenoxy) is 1. The van der Waals surface area contributed by atoms with Crippen LogP contribution in [-0.4, -0.2) is 28.3 Å². The van der Waals surface area contributed by atoms with Crippen molar-refractivity contribution in [2.24, 2.45) is 0 Å². The molecule has 1 aromatic carbocycles. The van der Waals surface area contributed by atoms with Crippen molar-refractivity contribution >= 4 is 51.9 Å². The molecular formula is C17H12N2O3S2. The summed E-state index contributed by atoms with van der Waals surface area (Å²) in [6.07, 6.45) is 5.09. The fraction of sp³-hybridized carbons (Fsp3) is 0.0588. The van der Waals surface area contributed by atoms with Gasteiger partial charge in [0.25, 0.3) is 5.91 Å². The van der Waals surface area contributed by atoms with Crippen molar-refractivity contribution in [3.8, 4) is 0 Å². The van der Waals surface area contributed by atoms with Crippen molar-refractivity contribution < 1.29 is 14.3 Å². The summed E-state index contributed by atoms with van der Waals surface area (Å²) in [5.74, 6) is -0.691. The lowest BCUT2D eigenvalue weighted by Crippen LogP contribution is -2.27. The lowest BCUT2D eigenvalue weighted by atomic mass is 10.2. The largest absolute Gasteiger partial charge is 0.465 e. The van der Waals surface area contributed by atoms with Crippen LogP contribution in [0.25, 0.3) is 6.08 Å². The second-order valence-electron chi connectivity index (χ2n) is 4.85. The summed E-state index contributed by atoms with van der Waals surface area (Å²) in [5.41, 5.74) is 1.72. The number of hydrogen-bond acceptors (Lipinski definition) is 6. The van der Waals surface area contributed by atoms with Crippen molar-refractivity contribution in [1.82, 2.24) is 4.98 Å². The van der Waals surface area contributed by atoms with E-state index in [9.17, 15) is 9.59 Å². The molecule has 5 nitrogen and oxygen atoms in total. The standard InChI is InChI=1S/C17H12N2O3S2/c1-22-16(21)12-5-2-6-13(9-12)19-15(20)14(24-17(19)23)8-11-4-3-7-18-10-11/h2-10H,1H3/b14-8+. The predicted octanol–water partition coefficient (Wildman–Crippen LogP) is 3.27. The number of aromatic nitrogens is 1. The van der Waals surface area contributed by atoms with Gasteiger partial charge >= 0.3 is 5.97 Å². The molecule has 0 spiro atoms. The molecule has 1 aromatic heterocycles. The highest BCUT2D eigenvalue weighted by molar-refractivity contribution is 8.27. The Bertz CT molecular complexity index is 850. The Balaban J connectivity index is 1.93. The van der Waals surface area contributed by atoms with E-state index >= 15 is 0 Å². The minimum absolute atomic E-state index is 0.226. The number of thioether (sulfide) groups is 1. The van der Waals surface area contributed by atoms with E-state index in [-0.39, 0.29) is 5.91 Å². The Hall–Kier alpha value is -2.51. The van der Waals surface area contributed by atoms with E-state index < -0.39 is 5.97 Å². The molecule has 120 valence electrons. The summed E-state index contributed by atoms with van der Waals surface area (Å²) >= 11 is 6.54. The van der Waals surface area contributed by atoms with Crippen LogP contribution >= 0.6 is 24.0 Å². The van der Waals surface area contributed by atoms with Crippen LogP contribution in [0.1, 0.15) is 15.9 Å². The zero-order chi connectivity index (χ0) is 17.1. The van der Waals surface area contributed by atoms with E-state index in [1.54, 1.807) is 48.8 Å². The number of methoxy groups -OCH3 is 1. The van der Waals surface area contributed by atoms with Crippen molar-refractivity contribution in [3.05, 3.63) is 64.8 Å². The Labute approximate surface area is 148 Å².